The van der Waals surface area contributed by atoms with E-state index < -0.39 is 0 Å². The highest BCUT2D eigenvalue weighted by molar-refractivity contribution is 6.29. The molecule has 6 nitrogen and oxygen atoms in total. The third kappa shape index (κ3) is 3.48. The van der Waals surface area contributed by atoms with Crippen molar-refractivity contribution in [3.8, 4) is 11.3 Å². The quantitative estimate of drug-likeness (QED) is 0.693. The van der Waals surface area contributed by atoms with Gasteiger partial charge in [-0.15, -0.1) is 0 Å². The summed E-state index contributed by atoms with van der Waals surface area (Å²) in [4.78, 5) is 6.67. The summed E-state index contributed by atoms with van der Waals surface area (Å²) in [7, 11) is 0. The molecule has 0 aliphatic carbocycles. The molecular weight excluding hydrogens is 350 g/mol. The Kier molecular flexibility index (Phi) is 4.95. The molecule has 0 radical (unpaired) electrons. The number of fused-ring (bicyclic) bond motifs is 1. The second-order valence-corrected chi connectivity index (χ2v) is 6.73. The van der Waals surface area contributed by atoms with Gasteiger partial charge in [0.1, 0.15) is 11.0 Å². The highest BCUT2D eigenvalue weighted by atomic mass is 35.5. The van der Waals surface area contributed by atoms with E-state index in [1.807, 2.05) is 16.6 Å². The molecule has 0 saturated carbocycles. The molecule has 26 heavy (non-hydrogen) atoms. The van der Waals surface area contributed by atoms with Crippen molar-refractivity contribution in [1.82, 2.24) is 14.6 Å². The predicted molar refractivity (Wildman–Crippen MR) is 105 cm³/mol. The van der Waals surface area contributed by atoms with Crippen LogP contribution in [0.4, 0.5) is 11.5 Å². The molecule has 0 unspecified atom stereocenters. The first-order valence-corrected chi connectivity index (χ1v) is 9.36. The summed E-state index contributed by atoms with van der Waals surface area (Å²) in [6.07, 6.45) is 1.10. The zero-order chi connectivity index (χ0) is 17.9. The molecule has 0 spiro atoms. The smallest absolute Gasteiger partial charge is 0.159 e. The standard InChI is InChI=1S/C19H22ClN5O/c1-2-7-21-15-5-3-14(4-6-15)16-12-18-22-17(20)13-19(25(18)23-16)24-8-10-26-11-9-24/h3-6,12-13,21H,2,7-11H2,1H3. The van der Waals surface area contributed by atoms with Crippen LogP contribution >= 0.6 is 11.6 Å². The van der Waals surface area contributed by atoms with Gasteiger partial charge in [0, 0.05) is 43.0 Å². The van der Waals surface area contributed by atoms with Crippen LogP contribution in [0.15, 0.2) is 36.4 Å². The van der Waals surface area contributed by atoms with Gasteiger partial charge in [0.2, 0.25) is 0 Å². The molecule has 3 heterocycles. The number of hydrogen-bond acceptors (Lipinski definition) is 5. The average Bonchev–Trinajstić information content (AvgIpc) is 3.10. The van der Waals surface area contributed by atoms with E-state index in [2.05, 4.69) is 46.4 Å². The van der Waals surface area contributed by atoms with E-state index in [4.69, 9.17) is 21.4 Å². The summed E-state index contributed by atoms with van der Waals surface area (Å²) < 4.78 is 7.32. The van der Waals surface area contributed by atoms with Gasteiger partial charge in [-0.05, 0) is 18.6 Å². The van der Waals surface area contributed by atoms with Gasteiger partial charge < -0.3 is 15.0 Å². The van der Waals surface area contributed by atoms with Gasteiger partial charge in [0.25, 0.3) is 0 Å². The normalized spacial score (nSPS) is 14.8. The van der Waals surface area contributed by atoms with Gasteiger partial charge in [0.15, 0.2) is 5.65 Å². The van der Waals surface area contributed by atoms with E-state index in [9.17, 15) is 0 Å². The van der Waals surface area contributed by atoms with Crippen LogP contribution in [0.25, 0.3) is 16.9 Å². The molecule has 7 heteroatoms. The number of ether oxygens (including phenoxy) is 1. The van der Waals surface area contributed by atoms with Crippen LogP contribution in [0.5, 0.6) is 0 Å². The summed E-state index contributed by atoms with van der Waals surface area (Å²) in [5.41, 5.74) is 3.81. The number of halogens is 1. The summed E-state index contributed by atoms with van der Waals surface area (Å²) in [5, 5.41) is 8.65. The van der Waals surface area contributed by atoms with Crippen LogP contribution in [-0.4, -0.2) is 47.4 Å². The third-order valence-electron chi connectivity index (χ3n) is 4.47. The number of hydrogen-bond donors (Lipinski definition) is 1. The fourth-order valence-corrected chi connectivity index (χ4v) is 3.30. The van der Waals surface area contributed by atoms with Crippen molar-refractivity contribution in [2.45, 2.75) is 13.3 Å². The lowest BCUT2D eigenvalue weighted by Crippen LogP contribution is -2.37. The van der Waals surface area contributed by atoms with Gasteiger partial charge in [0.05, 0.1) is 18.9 Å². The Morgan fingerprint density at radius 1 is 1.15 bits per heavy atom. The molecule has 4 rings (SSSR count). The topological polar surface area (TPSA) is 54.7 Å². The number of benzene rings is 1. The van der Waals surface area contributed by atoms with E-state index in [1.54, 1.807) is 0 Å². The lowest BCUT2D eigenvalue weighted by atomic mass is 10.1. The summed E-state index contributed by atoms with van der Waals surface area (Å²) in [5.74, 6) is 0.954. The summed E-state index contributed by atoms with van der Waals surface area (Å²) in [6, 6.07) is 12.2. The Bertz CT molecular complexity index is 887. The van der Waals surface area contributed by atoms with Gasteiger partial charge in [-0.3, -0.25) is 0 Å². The molecule has 136 valence electrons. The SMILES string of the molecule is CCCNc1ccc(-c2cc3nc(Cl)cc(N4CCOCC4)n3n2)cc1. The molecule has 1 aliphatic rings. The monoisotopic (exact) mass is 371 g/mol. The lowest BCUT2D eigenvalue weighted by molar-refractivity contribution is 0.122. The minimum absolute atomic E-state index is 0.476. The first-order valence-electron chi connectivity index (χ1n) is 8.98. The molecule has 1 N–H and O–H groups in total. The number of aromatic nitrogens is 3. The van der Waals surface area contributed by atoms with Gasteiger partial charge >= 0.3 is 0 Å². The van der Waals surface area contributed by atoms with E-state index in [1.165, 1.54) is 0 Å². The number of anilines is 2. The molecular formula is C19H22ClN5O. The van der Waals surface area contributed by atoms with Crippen molar-refractivity contribution in [2.24, 2.45) is 0 Å². The average molecular weight is 372 g/mol. The largest absolute Gasteiger partial charge is 0.385 e. The Balaban J connectivity index is 1.68. The molecule has 2 aromatic heterocycles. The highest BCUT2D eigenvalue weighted by Gasteiger charge is 2.17. The van der Waals surface area contributed by atoms with Crippen molar-refractivity contribution < 1.29 is 4.74 Å². The number of nitrogens with zero attached hydrogens (tertiary/aromatic N) is 4. The molecule has 1 aliphatic heterocycles. The van der Waals surface area contributed by atoms with Crippen LogP contribution < -0.4 is 10.2 Å². The molecule has 1 aromatic carbocycles. The molecule has 3 aromatic rings. The highest BCUT2D eigenvalue weighted by Crippen LogP contribution is 2.26. The maximum absolute atomic E-state index is 6.25. The van der Waals surface area contributed by atoms with Gasteiger partial charge in [-0.2, -0.15) is 9.61 Å². The van der Waals surface area contributed by atoms with Crippen molar-refractivity contribution >= 4 is 28.8 Å². The zero-order valence-corrected chi connectivity index (χ0v) is 15.5. The van der Waals surface area contributed by atoms with Crippen LogP contribution in [0.1, 0.15) is 13.3 Å². The summed E-state index contributed by atoms with van der Waals surface area (Å²) >= 11 is 6.25. The zero-order valence-electron chi connectivity index (χ0n) is 14.8. The van der Waals surface area contributed by atoms with E-state index >= 15 is 0 Å². The second kappa shape index (κ2) is 7.51. The van der Waals surface area contributed by atoms with E-state index in [-0.39, 0.29) is 0 Å². The molecule has 1 saturated heterocycles. The first-order chi connectivity index (χ1) is 12.7. The molecule has 0 bridgehead atoms. The second-order valence-electron chi connectivity index (χ2n) is 6.34. The van der Waals surface area contributed by atoms with Crippen LogP contribution in [0.3, 0.4) is 0 Å². The number of morpholine rings is 1. The third-order valence-corrected chi connectivity index (χ3v) is 4.67. The van der Waals surface area contributed by atoms with Crippen LogP contribution in [-0.2, 0) is 4.74 Å². The van der Waals surface area contributed by atoms with Gasteiger partial charge in [-0.1, -0.05) is 30.7 Å². The first kappa shape index (κ1) is 17.1. The Morgan fingerprint density at radius 2 is 1.92 bits per heavy atom. The Hall–Kier alpha value is -2.31. The van der Waals surface area contributed by atoms with E-state index in [0.717, 1.165) is 54.5 Å². The van der Waals surface area contributed by atoms with Crippen LogP contribution in [0, 0.1) is 0 Å². The maximum Gasteiger partial charge on any atom is 0.159 e. The van der Waals surface area contributed by atoms with Crippen molar-refractivity contribution in [3.05, 3.63) is 41.6 Å². The van der Waals surface area contributed by atoms with Crippen molar-refractivity contribution in [1.29, 1.82) is 0 Å². The van der Waals surface area contributed by atoms with Gasteiger partial charge in [-0.25, -0.2) is 4.98 Å². The Morgan fingerprint density at radius 3 is 2.65 bits per heavy atom. The number of rotatable bonds is 5. The Labute approximate surface area is 157 Å². The minimum atomic E-state index is 0.476. The summed E-state index contributed by atoms with van der Waals surface area (Å²) in [6.45, 7) is 6.19. The van der Waals surface area contributed by atoms with Crippen molar-refractivity contribution in [3.63, 3.8) is 0 Å². The van der Waals surface area contributed by atoms with E-state index in [0.29, 0.717) is 18.4 Å². The fraction of sp³-hybridized carbons (Fsp3) is 0.368. The van der Waals surface area contributed by atoms with Crippen LogP contribution in [0.2, 0.25) is 5.15 Å². The predicted octanol–water partition coefficient (Wildman–Crippen LogP) is 3.71. The fourth-order valence-electron chi connectivity index (χ4n) is 3.12. The molecule has 0 amide bonds. The number of nitrogens with one attached hydrogen (secondary N) is 1. The maximum atomic E-state index is 6.25. The lowest BCUT2D eigenvalue weighted by Gasteiger charge is -2.28. The van der Waals surface area contributed by atoms with Crippen molar-refractivity contribution in [2.75, 3.05) is 43.1 Å². The molecule has 1 fully saturated rings. The molecule has 0 atom stereocenters. The minimum Gasteiger partial charge on any atom is -0.385 e.